The molecule has 0 saturated carbocycles. The second-order valence-electron chi connectivity index (χ2n) is 8.55. The van der Waals surface area contributed by atoms with E-state index in [0.29, 0.717) is 23.2 Å². The van der Waals surface area contributed by atoms with Crippen molar-refractivity contribution >= 4 is 11.6 Å². The van der Waals surface area contributed by atoms with E-state index < -0.39 is 29.3 Å². The monoisotopic (exact) mass is 464 g/mol. The quantitative estimate of drug-likeness (QED) is 0.528. The molecule has 178 valence electrons. The van der Waals surface area contributed by atoms with E-state index in [1.807, 2.05) is 0 Å². The van der Waals surface area contributed by atoms with Crippen LogP contribution in [0.15, 0.2) is 24.5 Å². The van der Waals surface area contributed by atoms with Crippen LogP contribution in [0.5, 0.6) is 0 Å². The molecule has 0 fully saturated rings. The molecular formula is C23H27F3N4O3. The highest BCUT2D eigenvalue weighted by atomic mass is 19.4. The van der Waals surface area contributed by atoms with Crippen molar-refractivity contribution in [2.45, 2.75) is 59.7 Å². The van der Waals surface area contributed by atoms with Gasteiger partial charge in [-0.2, -0.15) is 13.2 Å². The zero-order valence-corrected chi connectivity index (χ0v) is 19.2. The highest BCUT2D eigenvalue weighted by molar-refractivity contribution is 5.77. The Balaban J connectivity index is 2.11. The first-order valence-corrected chi connectivity index (χ1v) is 10.6. The number of rotatable bonds is 7. The third-order valence-electron chi connectivity index (χ3n) is 6.07. The summed E-state index contributed by atoms with van der Waals surface area (Å²) in [6, 6.07) is 3.39. The fourth-order valence-corrected chi connectivity index (χ4v) is 3.95. The zero-order valence-electron chi connectivity index (χ0n) is 19.2. The van der Waals surface area contributed by atoms with Gasteiger partial charge in [-0.05, 0) is 75.4 Å². The minimum absolute atomic E-state index is 0.102. The Kier molecular flexibility index (Phi) is 6.78. The van der Waals surface area contributed by atoms with Gasteiger partial charge >= 0.3 is 12.1 Å². The molecule has 1 atom stereocenters. The minimum Gasteiger partial charge on any atom is -0.466 e. The van der Waals surface area contributed by atoms with Crippen molar-refractivity contribution in [3.8, 4) is 0 Å². The molecule has 10 heteroatoms. The molecule has 0 spiro atoms. The Bertz CT molecular complexity index is 1170. The van der Waals surface area contributed by atoms with Gasteiger partial charge in [0.1, 0.15) is 0 Å². The molecule has 3 aromatic heterocycles. The maximum absolute atomic E-state index is 13.2. The predicted molar refractivity (Wildman–Crippen MR) is 114 cm³/mol. The lowest BCUT2D eigenvalue weighted by molar-refractivity contribution is -0.154. The molecule has 0 radical (unpaired) electrons. The number of nitrogens with zero attached hydrogens (tertiary/aromatic N) is 4. The average Bonchev–Trinajstić information content (AvgIpc) is 3.19. The Hall–Kier alpha value is -3.01. The van der Waals surface area contributed by atoms with E-state index in [1.165, 1.54) is 6.20 Å². The van der Waals surface area contributed by atoms with Gasteiger partial charge < -0.3 is 9.84 Å². The second kappa shape index (κ2) is 9.09. The number of pyridine rings is 2. The molecule has 3 rings (SSSR count). The number of hydrogen-bond acceptors (Lipinski definition) is 6. The van der Waals surface area contributed by atoms with Crippen LogP contribution in [0.2, 0.25) is 0 Å². The molecule has 0 unspecified atom stereocenters. The number of alkyl halides is 3. The molecule has 1 N–H and O–H groups in total. The molecule has 3 heterocycles. The van der Waals surface area contributed by atoms with Gasteiger partial charge in [-0.3, -0.25) is 14.2 Å². The Labute approximate surface area is 189 Å². The highest BCUT2D eigenvalue weighted by Crippen LogP contribution is 2.40. The lowest BCUT2D eigenvalue weighted by Crippen LogP contribution is -2.35. The molecule has 33 heavy (non-hydrogen) atoms. The average molecular weight is 464 g/mol. The van der Waals surface area contributed by atoms with Crippen LogP contribution in [-0.2, 0) is 28.7 Å². The van der Waals surface area contributed by atoms with Gasteiger partial charge in [0.25, 0.3) is 0 Å². The van der Waals surface area contributed by atoms with Crippen LogP contribution < -0.4 is 0 Å². The summed E-state index contributed by atoms with van der Waals surface area (Å²) in [5.74, 6) is -1.92. The summed E-state index contributed by atoms with van der Waals surface area (Å²) < 4.78 is 45.9. The maximum Gasteiger partial charge on any atom is 0.452 e. The summed E-state index contributed by atoms with van der Waals surface area (Å²) in [6.45, 7) is 8.73. The highest BCUT2D eigenvalue weighted by Gasteiger charge is 2.40. The summed E-state index contributed by atoms with van der Waals surface area (Å²) >= 11 is 0. The first kappa shape index (κ1) is 24.6. The predicted octanol–water partition coefficient (Wildman–Crippen LogP) is 4.17. The number of aryl methyl sites for hydroxylation is 2. The Morgan fingerprint density at radius 1 is 1.21 bits per heavy atom. The van der Waals surface area contributed by atoms with E-state index in [4.69, 9.17) is 4.74 Å². The standard InChI is InChI=1S/C23H27F3N4O3/c1-6-33-21(32)22(4,5)18(16-9-17(12-31)14(3)27-11-16)10-15-7-8-30-19(13(15)2)28-29-20(30)23(24,25)26/h7-9,11,18,31H,6,10,12H2,1-5H3/t18-/m0/s1. The number of halogens is 3. The van der Waals surface area contributed by atoms with Gasteiger partial charge in [0.2, 0.25) is 5.82 Å². The molecular weight excluding hydrogens is 437 g/mol. The van der Waals surface area contributed by atoms with Crippen molar-refractivity contribution in [3.63, 3.8) is 0 Å². The zero-order chi connectivity index (χ0) is 24.6. The van der Waals surface area contributed by atoms with Crippen molar-refractivity contribution < 1.29 is 27.8 Å². The molecule has 7 nitrogen and oxygen atoms in total. The number of aliphatic hydroxyl groups is 1. The molecule has 0 aliphatic carbocycles. The summed E-state index contributed by atoms with van der Waals surface area (Å²) in [4.78, 5) is 17.2. The summed E-state index contributed by atoms with van der Waals surface area (Å²) in [6.07, 6.45) is -1.36. The van der Waals surface area contributed by atoms with Gasteiger partial charge in [-0.15, -0.1) is 10.2 Å². The van der Waals surface area contributed by atoms with Crippen LogP contribution in [0.4, 0.5) is 13.2 Å². The number of esters is 1. The topological polar surface area (TPSA) is 89.6 Å². The lowest BCUT2D eigenvalue weighted by Gasteiger charge is -2.33. The van der Waals surface area contributed by atoms with Gasteiger partial charge in [-0.25, -0.2) is 0 Å². The number of carbonyl (C=O) groups excluding carboxylic acids is 1. The third kappa shape index (κ3) is 4.71. The van der Waals surface area contributed by atoms with Crippen LogP contribution in [0, 0.1) is 19.3 Å². The summed E-state index contributed by atoms with van der Waals surface area (Å²) in [5, 5.41) is 16.8. The normalized spacial score (nSPS) is 13.4. The number of fused-ring (bicyclic) bond motifs is 1. The smallest absolute Gasteiger partial charge is 0.452 e. The van der Waals surface area contributed by atoms with Gasteiger partial charge in [0.15, 0.2) is 5.65 Å². The fraction of sp³-hybridized carbons (Fsp3) is 0.478. The van der Waals surface area contributed by atoms with Crippen molar-refractivity contribution in [3.05, 3.63) is 58.3 Å². The second-order valence-corrected chi connectivity index (χ2v) is 8.55. The molecule has 0 amide bonds. The van der Waals surface area contributed by atoms with E-state index in [2.05, 4.69) is 15.2 Å². The Morgan fingerprint density at radius 2 is 1.91 bits per heavy atom. The van der Waals surface area contributed by atoms with Crippen molar-refractivity contribution in [2.75, 3.05) is 6.61 Å². The van der Waals surface area contributed by atoms with Crippen LogP contribution in [-0.4, -0.2) is 37.3 Å². The van der Waals surface area contributed by atoms with E-state index in [-0.39, 0.29) is 18.9 Å². The van der Waals surface area contributed by atoms with E-state index in [1.54, 1.807) is 52.9 Å². The molecule has 0 saturated heterocycles. The van der Waals surface area contributed by atoms with E-state index >= 15 is 0 Å². The van der Waals surface area contributed by atoms with Crippen molar-refractivity contribution in [2.24, 2.45) is 5.41 Å². The van der Waals surface area contributed by atoms with Crippen LogP contribution in [0.25, 0.3) is 5.65 Å². The Morgan fingerprint density at radius 3 is 2.52 bits per heavy atom. The summed E-state index contributed by atoms with van der Waals surface area (Å²) in [5.41, 5.74) is 2.41. The van der Waals surface area contributed by atoms with Crippen molar-refractivity contribution in [1.29, 1.82) is 0 Å². The number of ether oxygens (including phenoxy) is 1. The summed E-state index contributed by atoms with van der Waals surface area (Å²) in [7, 11) is 0. The molecule has 0 aliphatic heterocycles. The first-order valence-electron chi connectivity index (χ1n) is 10.6. The fourth-order valence-electron chi connectivity index (χ4n) is 3.95. The van der Waals surface area contributed by atoms with Gasteiger partial charge in [0.05, 0.1) is 18.6 Å². The molecule has 0 aromatic carbocycles. The van der Waals surface area contributed by atoms with Crippen LogP contribution in [0.3, 0.4) is 0 Å². The van der Waals surface area contributed by atoms with Crippen LogP contribution in [0.1, 0.15) is 60.5 Å². The third-order valence-corrected chi connectivity index (χ3v) is 6.07. The molecule has 0 bridgehead atoms. The van der Waals surface area contributed by atoms with Crippen molar-refractivity contribution in [1.82, 2.24) is 19.6 Å². The molecule has 3 aromatic rings. The number of aliphatic hydroxyl groups excluding tert-OH is 1. The number of hydrogen-bond donors (Lipinski definition) is 1. The lowest BCUT2D eigenvalue weighted by atomic mass is 9.71. The largest absolute Gasteiger partial charge is 0.466 e. The van der Waals surface area contributed by atoms with E-state index in [0.717, 1.165) is 15.5 Å². The first-order chi connectivity index (χ1) is 15.4. The minimum atomic E-state index is -4.63. The SMILES string of the molecule is CCOC(=O)C(C)(C)[C@@H](Cc1ccn2c(C(F)(F)F)nnc2c1C)c1cnc(C)c(CO)c1. The molecule has 0 aliphatic rings. The number of carbonyl (C=O) groups is 1. The van der Waals surface area contributed by atoms with Gasteiger partial charge in [-0.1, -0.05) is 0 Å². The van der Waals surface area contributed by atoms with Gasteiger partial charge in [0, 0.05) is 24.0 Å². The van der Waals surface area contributed by atoms with E-state index in [9.17, 15) is 23.1 Å². The number of aromatic nitrogens is 4. The maximum atomic E-state index is 13.2. The van der Waals surface area contributed by atoms with Crippen LogP contribution >= 0.6 is 0 Å².